The highest BCUT2D eigenvalue weighted by Crippen LogP contribution is 2.38. The second kappa shape index (κ2) is 6.06. The Kier molecular flexibility index (Phi) is 4.15. The number of methoxy groups -OCH3 is 1. The van der Waals surface area contributed by atoms with Gasteiger partial charge in [0.25, 0.3) is 0 Å². The molecule has 1 amide bonds. The molecule has 0 aromatic heterocycles. The summed E-state index contributed by atoms with van der Waals surface area (Å²) in [4.78, 5) is 14.9. The van der Waals surface area contributed by atoms with Gasteiger partial charge in [-0.25, -0.2) is 0 Å². The van der Waals surface area contributed by atoms with Crippen LogP contribution in [0.5, 0.6) is 5.75 Å². The van der Waals surface area contributed by atoms with E-state index in [-0.39, 0.29) is 17.9 Å². The molecule has 2 atom stereocenters. The fraction of sp³-hybridized carbons (Fsp3) is 0.588. The van der Waals surface area contributed by atoms with Crippen LogP contribution in [0.15, 0.2) is 24.3 Å². The van der Waals surface area contributed by atoms with E-state index in [0.29, 0.717) is 19.1 Å². The second-order valence-corrected chi connectivity index (χ2v) is 6.04. The lowest BCUT2D eigenvalue weighted by Gasteiger charge is -2.31. The van der Waals surface area contributed by atoms with Crippen LogP contribution in [-0.4, -0.2) is 32.3 Å². The summed E-state index contributed by atoms with van der Waals surface area (Å²) in [5.74, 6) is 1.66. The molecule has 1 aliphatic carbocycles. The van der Waals surface area contributed by atoms with Crippen LogP contribution in [0.3, 0.4) is 0 Å². The number of hydrogen-bond donors (Lipinski definition) is 0. The number of ether oxygens (including phenoxy) is 2. The summed E-state index contributed by atoms with van der Waals surface area (Å²) < 4.78 is 10.6. The Hall–Kier alpha value is -1.55. The van der Waals surface area contributed by atoms with Gasteiger partial charge in [-0.2, -0.15) is 0 Å². The third kappa shape index (κ3) is 3.05. The number of carbonyl (C=O) groups is 1. The van der Waals surface area contributed by atoms with Gasteiger partial charge in [-0.3, -0.25) is 4.79 Å². The van der Waals surface area contributed by atoms with Gasteiger partial charge in [0.2, 0.25) is 5.91 Å². The minimum atomic E-state index is 0.00769. The normalized spacial score (nSPS) is 22.9. The van der Waals surface area contributed by atoms with E-state index in [0.717, 1.165) is 17.9 Å². The second-order valence-electron chi connectivity index (χ2n) is 6.04. The van der Waals surface area contributed by atoms with Gasteiger partial charge in [0.15, 0.2) is 0 Å². The van der Waals surface area contributed by atoms with Crippen molar-refractivity contribution in [2.24, 2.45) is 11.8 Å². The Morgan fingerprint density at radius 1 is 1.29 bits per heavy atom. The molecular weight excluding hydrogens is 266 g/mol. The van der Waals surface area contributed by atoms with Crippen LogP contribution >= 0.6 is 0 Å². The van der Waals surface area contributed by atoms with E-state index in [1.807, 2.05) is 29.2 Å². The molecule has 1 aliphatic heterocycles. The Balaban J connectivity index is 1.84. The number of nitrogens with zero attached hydrogens (tertiary/aromatic N) is 1. The Morgan fingerprint density at radius 3 is 2.52 bits per heavy atom. The summed E-state index contributed by atoms with van der Waals surface area (Å²) in [6.07, 6.45) is 3.29. The first-order valence-corrected chi connectivity index (χ1v) is 7.75. The molecule has 0 N–H and O–H groups in total. The first-order chi connectivity index (χ1) is 10.2. The highest BCUT2D eigenvalue weighted by atomic mass is 16.5. The highest BCUT2D eigenvalue weighted by Gasteiger charge is 2.38. The summed E-state index contributed by atoms with van der Waals surface area (Å²) in [6, 6.07) is 8.05. The summed E-state index contributed by atoms with van der Waals surface area (Å²) in [5, 5.41) is 0. The molecular formula is C17H23NO3. The number of benzene rings is 1. The molecule has 0 unspecified atom stereocenters. The molecule has 0 radical (unpaired) electrons. The van der Waals surface area contributed by atoms with Crippen LogP contribution in [0, 0.1) is 11.8 Å². The standard InChI is InChI=1S/C17H23NO3/c1-12(13-3-4-13)18(17(19)14-9-10-21-11-14)15-5-7-16(20-2)8-6-15/h5-8,12-14H,3-4,9-11H2,1-2H3/t12-,14+/m1/s1. The third-order valence-corrected chi connectivity index (χ3v) is 4.58. The summed E-state index contributed by atoms with van der Waals surface area (Å²) in [6.45, 7) is 3.42. The average molecular weight is 289 g/mol. The number of anilines is 1. The molecule has 114 valence electrons. The fourth-order valence-corrected chi connectivity index (χ4v) is 3.02. The van der Waals surface area contributed by atoms with Crippen molar-refractivity contribution in [2.45, 2.75) is 32.2 Å². The minimum Gasteiger partial charge on any atom is -0.497 e. The van der Waals surface area contributed by atoms with Crippen LogP contribution < -0.4 is 9.64 Å². The molecule has 1 aromatic carbocycles. The van der Waals surface area contributed by atoms with Crippen molar-refractivity contribution < 1.29 is 14.3 Å². The average Bonchev–Trinajstić information content (AvgIpc) is 3.22. The highest BCUT2D eigenvalue weighted by molar-refractivity contribution is 5.96. The first kappa shape index (κ1) is 14.4. The van der Waals surface area contributed by atoms with Crippen molar-refractivity contribution in [3.05, 3.63) is 24.3 Å². The van der Waals surface area contributed by atoms with Crippen LogP contribution in [0.1, 0.15) is 26.2 Å². The number of amides is 1. The van der Waals surface area contributed by atoms with Crippen LogP contribution in [-0.2, 0) is 9.53 Å². The maximum atomic E-state index is 12.9. The van der Waals surface area contributed by atoms with Crippen molar-refractivity contribution in [2.75, 3.05) is 25.2 Å². The molecule has 1 saturated heterocycles. The lowest BCUT2D eigenvalue weighted by atomic mass is 10.0. The van der Waals surface area contributed by atoms with Crippen LogP contribution in [0.2, 0.25) is 0 Å². The van der Waals surface area contributed by atoms with Crippen LogP contribution in [0.4, 0.5) is 5.69 Å². The van der Waals surface area contributed by atoms with Gasteiger partial charge in [-0.05, 0) is 56.4 Å². The quantitative estimate of drug-likeness (QED) is 0.836. The summed E-state index contributed by atoms with van der Waals surface area (Å²) >= 11 is 0. The van der Waals surface area contributed by atoms with E-state index < -0.39 is 0 Å². The predicted molar refractivity (Wildman–Crippen MR) is 81.6 cm³/mol. The Labute approximate surface area is 126 Å². The molecule has 21 heavy (non-hydrogen) atoms. The first-order valence-electron chi connectivity index (χ1n) is 7.75. The van der Waals surface area contributed by atoms with Gasteiger partial charge in [0.05, 0.1) is 19.6 Å². The van der Waals surface area contributed by atoms with E-state index in [2.05, 4.69) is 6.92 Å². The maximum Gasteiger partial charge on any atom is 0.232 e. The number of hydrogen-bond acceptors (Lipinski definition) is 3. The molecule has 1 saturated carbocycles. The van der Waals surface area contributed by atoms with Crippen molar-refractivity contribution >= 4 is 11.6 Å². The molecule has 2 fully saturated rings. The molecule has 1 heterocycles. The smallest absolute Gasteiger partial charge is 0.232 e. The van der Waals surface area contributed by atoms with Gasteiger partial charge in [-0.15, -0.1) is 0 Å². The fourth-order valence-electron chi connectivity index (χ4n) is 3.02. The van der Waals surface area contributed by atoms with Crippen LogP contribution in [0.25, 0.3) is 0 Å². The Bertz CT molecular complexity index is 489. The molecule has 2 aliphatic rings. The van der Waals surface area contributed by atoms with Crippen molar-refractivity contribution in [3.8, 4) is 5.75 Å². The van der Waals surface area contributed by atoms with E-state index in [1.54, 1.807) is 7.11 Å². The lowest BCUT2D eigenvalue weighted by molar-refractivity contribution is -0.122. The third-order valence-electron chi connectivity index (χ3n) is 4.58. The number of rotatable bonds is 5. The maximum absolute atomic E-state index is 12.9. The zero-order chi connectivity index (χ0) is 14.8. The molecule has 0 spiro atoms. The Morgan fingerprint density at radius 2 is 2.00 bits per heavy atom. The molecule has 4 heteroatoms. The number of carbonyl (C=O) groups excluding carboxylic acids is 1. The van der Waals surface area contributed by atoms with Crippen molar-refractivity contribution in [3.63, 3.8) is 0 Å². The van der Waals surface area contributed by atoms with Gasteiger partial charge in [0.1, 0.15) is 5.75 Å². The van der Waals surface area contributed by atoms with E-state index in [1.165, 1.54) is 12.8 Å². The lowest BCUT2D eigenvalue weighted by Crippen LogP contribution is -2.43. The van der Waals surface area contributed by atoms with Crippen molar-refractivity contribution in [1.82, 2.24) is 0 Å². The molecule has 4 nitrogen and oxygen atoms in total. The largest absolute Gasteiger partial charge is 0.497 e. The predicted octanol–water partition coefficient (Wildman–Crippen LogP) is 2.86. The van der Waals surface area contributed by atoms with Gasteiger partial charge in [0, 0.05) is 18.3 Å². The SMILES string of the molecule is COc1ccc(N(C(=O)[C@H]2CCOC2)[C@H](C)C2CC2)cc1. The topological polar surface area (TPSA) is 38.8 Å². The molecule has 3 rings (SSSR count). The van der Waals surface area contributed by atoms with Gasteiger partial charge < -0.3 is 14.4 Å². The molecule has 1 aromatic rings. The van der Waals surface area contributed by atoms with Gasteiger partial charge in [-0.1, -0.05) is 0 Å². The zero-order valence-corrected chi connectivity index (χ0v) is 12.7. The molecule has 0 bridgehead atoms. The van der Waals surface area contributed by atoms with E-state index in [9.17, 15) is 4.79 Å². The van der Waals surface area contributed by atoms with Crippen molar-refractivity contribution in [1.29, 1.82) is 0 Å². The monoisotopic (exact) mass is 289 g/mol. The zero-order valence-electron chi connectivity index (χ0n) is 12.7. The van der Waals surface area contributed by atoms with Gasteiger partial charge >= 0.3 is 0 Å². The van der Waals surface area contributed by atoms with E-state index >= 15 is 0 Å². The van der Waals surface area contributed by atoms with E-state index in [4.69, 9.17) is 9.47 Å². The summed E-state index contributed by atoms with van der Waals surface area (Å²) in [5.41, 5.74) is 0.965. The minimum absolute atomic E-state index is 0.00769. The summed E-state index contributed by atoms with van der Waals surface area (Å²) in [7, 11) is 1.65.